The summed E-state index contributed by atoms with van der Waals surface area (Å²) < 4.78 is 27.2. The van der Waals surface area contributed by atoms with Crippen molar-refractivity contribution >= 4 is 44.8 Å². The fourth-order valence-corrected chi connectivity index (χ4v) is 5.37. The second kappa shape index (κ2) is 10.8. The molecule has 1 atom stereocenters. The second-order valence-corrected chi connectivity index (χ2v) is 10.5. The highest BCUT2D eigenvalue weighted by Gasteiger charge is 2.24. The first kappa shape index (κ1) is 25.6. The first-order valence-corrected chi connectivity index (χ1v) is 12.4. The number of sulfonamides is 1. The van der Waals surface area contributed by atoms with E-state index in [-0.39, 0.29) is 16.5 Å². The molecule has 0 spiro atoms. The molecular formula is C21H28N4O5S2. The first-order valence-electron chi connectivity index (χ1n) is 10.0. The third-order valence-corrected chi connectivity index (χ3v) is 7.94. The van der Waals surface area contributed by atoms with Crippen molar-refractivity contribution in [2.24, 2.45) is 0 Å². The Morgan fingerprint density at radius 3 is 2.22 bits per heavy atom. The molecule has 11 heteroatoms. The highest BCUT2D eigenvalue weighted by atomic mass is 32.2. The van der Waals surface area contributed by atoms with Crippen LogP contribution >= 0.6 is 11.8 Å². The number of nitrogens with one attached hydrogen (secondary N) is 1. The number of rotatable bonds is 10. The van der Waals surface area contributed by atoms with Crippen LogP contribution in [0.5, 0.6) is 0 Å². The number of hydrogen-bond acceptors (Lipinski definition) is 7. The van der Waals surface area contributed by atoms with E-state index < -0.39 is 20.2 Å². The number of carbonyl (C=O) groups is 1. The standard InChI is InChI=1S/C21H28N4O5S2/c1-6-24(7-2)32(29,30)18-12-13-20(23(4)5)19(14-18)22-21(26)15(3)31-17-10-8-16(9-11-17)25(27)28/h8-15H,6-7H2,1-5H3,(H,22,26). The summed E-state index contributed by atoms with van der Waals surface area (Å²) in [6.45, 7) is 5.95. The van der Waals surface area contributed by atoms with Gasteiger partial charge < -0.3 is 10.2 Å². The Morgan fingerprint density at radius 2 is 1.72 bits per heavy atom. The van der Waals surface area contributed by atoms with E-state index in [1.807, 2.05) is 0 Å². The summed E-state index contributed by atoms with van der Waals surface area (Å²) in [4.78, 5) is 25.8. The number of nitro groups is 1. The number of hydrogen-bond donors (Lipinski definition) is 1. The van der Waals surface area contributed by atoms with Gasteiger partial charge in [0.25, 0.3) is 5.69 Å². The monoisotopic (exact) mass is 480 g/mol. The minimum atomic E-state index is -3.68. The third-order valence-electron chi connectivity index (χ3n) is 4.78. The van der Waals surface area contributed by atoms with Crippen molar-refractivity contribution in [3.63, 3.8) is 0 Å². The Morgan fingerprint density at radius 1 is 1.12 bits per heavy atom. The molecule has 1 unspecified atom stereocenters. The number of nitrogens with zero attached hydrogens (tertiary/aromatic N) is 3. The largest absolute Gasteiger partial charge is 0.376 e. The number of thioether (sulfide) groups is 1. The lowest BCUT2D eigenvalue weighted by atomic mass is 10.2. The second-order valence-electron chi connectivity index (χ2n) is 7.16. The van der Waals surface area contributed by atoms with Crippen LogP contribution in [0.4, 0.5) is 17.1 Å². The average Bonchev–Trinajstić information content (AvgIpc) is 2.74. The maximum Gasteiger partial charge on any atom is 0.269 e. The summed E-state index contributed by atoms with van der Waals surface area (Å²) in [5.74, 6) is -0.311. The van der Waals surface area contributed by atoms with Crippen molar-refractivity contribution in [3.05, 3.63) is 52.6 Å². The zero-order valence-electron chi connectivity index (χ0n) is 18.7. The Bertz CT molecular complexity index is 1070. The van der Waals surface area contributed by atoms with E-state index in [0.717, 1.165) is 0 Å². The molecule has 2 rings (SSSR count). The molecule has 0 saturated carbocycles. The molecular weight excluding hydrogens is 452 g/mol. The highest BCUT2D eigenvalue weighted by Crippen LogP contribution is 2.31. The number of amides is 1. The van der Waals surface area contributed by atoms with Crippen molar-refractivity contribution < 1.29 is 18.1 Å². The van der Waals surface area contributed by atoms with E-state index in [0.29, 0.717) is 29.4 Å². The SMILES string of the molecule is CCN(CC)S(=O)(=O)c1ccc(N(C)C)c(NC(=O)C(C)Sc2ccc([N+](=O)[O-])cc2)c1. The molecule has 0 bridgehead atoms. The van der Waals surface area contributed by atoms with Gasteiger partial charge in [-0.15, -0.1) is 11.8 Å². The van der Waals surface area contributed by atoms with Crippen LogP contribution in [0.1, 0.15) is 20.8 Å². The minimum absolute atomic E-state index is 0.0201. The van der Waals surface area contributed by atoms with E-state index in [1.54, 1.807) is 58.0 Å². The van der Waals surface area contributed by atoms with Crippen LogP contribution in [0.3, 0.4) is 0 Å². The molecule has 0 aliphatic heterocycles. The van der Waals surface area contributed by atoms with Crippen LogP contribution in [0.2, 0.25) is 0 Å². The van der Waals surface area contributed by atoms with Gasteiger partial charge in [0.2, 0.25) is 15.9 Å². The molecule has 2 aromatic rings. The van der Waals surface area contributed by atoms with E-state index in [1.165, 1.54) is 40.3 Å². The van der Waals surface area contributed by atoms with Crippen LogP contribution < -0.4 is 10.2 Å². The summed E-state index contributed by atoms with van der Waals surface area (Å²) in [6, 6.07) is 10.6. The average molecular weight is 481 g/mol. The van der Waals surface area contributed by atoms with Gasteiger partial charge in [0.15, 0.2) is 0 Å². The molecule has 9 nitrogen and oxygen atoms in total. The van der Waals surface area contributed by atoms with E-state index in [2.05, 4.69) is 5.32 Å². The van der Waals surface area contributed by atoms with E-state index in [9.17, 15) is 23.3 Å². The fraction of sp³-hybridized carbons (Fsp3) is 0.381. The Hall–Kier alpha value is -2.63. The molecule has 2 aromatic carbocycles. The van der Waals surface area contributed by atoms with Gasteiger partial charge in [0, 0.05) is 44.2 Å². The number of anilines is 2. The van der Waals surface area contributed by atoms with Gasteiger partial charge in [0.1, 0.15) is 0 Å². The van der Waals surface area contributed by atoms with E-state index >= 15 is 0 Å². The lowest BCUT2D eigenvalue weighted by Gasteiger charge is -2.22. The Labute approximate surface area is 193 Å². The summed E-state index contributed by atoms with van der Waals surface area (Å²) in [7, 11) is -0.0703. The smallest absolute Gasteiger partial charge is 0.269 e. The zero-order chi connectivity index (χ0) is 24.1. The van der Waals surface area contributed by atoms with Gasteiger partial charge in [-0.05, 0) is 37.3 Å². The highest BCUT2D eigenvalue weighted by molar-refractivity contribution is 8.00. The molecule has 0 saturated heterocycles. The van der Waals surface area contributed by atoms with Crippen LogP contribution in [-0.4, -0.2) is 56.0 Å². The van der Waals surface area contributed by atoms with Crippen molar-refractivity contribution in [2.75, 3.05) is 37.4 Å². The van der Waals surface area contributed by atoms with Gasteiger partial charge in [-0.2, -0.15) is 4.31 Å². The maximum absolute atomic E-state index is 12.9. The van der Waals surface area contributed by atoms with Gasteiger partial charge >= 0.3 is 0 Å². The molecule has 32 heavy (non-hydrogen) atoms. The van der Waals surface area contributed by atoms with Gasteiger partial charge in [-0.1, -0.05) is 13.8 Å². The molecule has 0 aliphatic rings. The van der Waals surface area contributed by atoms with Crippen LogP contribution in [0.25, 0.3) is 0 Å². The maximum atomic E-state index is 12.9. The molecule has 0 aromatic heterocycles. The van der Waals surface area contributed by atoms with Gasteiger partial charge in [0.05, 0.1) is 26.4 Å². The fourth-order valence-electron chi connectivity index (χ4n) is 3.02. The van der Waals surface area contributed by atoms with Crippen molar-refractivity contribution in [1.29, 1.82) is 0 Å². The van der Waals surface area contributed by atoms with Gasteiger partial charge in [-0.25, -0.2) is 8.42 Å². The zero-order valence-corrected chi connectivity index (χ0v) is 20.4. The quantitative estimate of drug-likeness (QED) is 0.312. The van der Waals surface area contributed by atoms with Crippen LogP contribution in [-0.2, 0) is 14.8 Å². The third kappa shape index (κ3) is 5.99. The van der Waals surface area contributed by atoms with Crippen molar-refractivity contribution in [1.82, 2.24) is 4.31 Å². The molecule has 0 aliphatic carbocycles. The van der Waals surface area contributed by atoms with Crippen LogP contribution in [0, 0.1) is 10.1 Å². The normalized spacial score (nSPS) is 12.4. The predicted octanol–water partition coefficient (Wildman–Crippen LogP) is 3.81. The molecule has 1 N–H and O–H groups in total. The lowest BCUT2D eigenvalue weighted by Crippen LogP contribution is -2.31. The minimum Gasteiger partial charge on any atom is -0.376 e. The number of benzene rings is 2. The van der Waals surface area contributed by atoms with E-state index in [4.69, 9.17) is 0 Å². The van der Waals surface area contributed by atoms with Gasteiger partial charge in [-0.3, -0.25) is 14.9 Å². The predicted molar refractivity (Wildman–Crippen MR) is 128 cm³/mol. The topological polar surface area (TPSA) is 113 Å². The Kier molecular flexibility index (Phi) is 8.65. The van der Waals surface area contributed by atoms with Crippen molar-refractivity contribution in [3.8, 4) is 0 Å². The molecule has 0 heterocycles. The number of carbonyl (C=O) groups excluding carboxylic acids is 1. The Balaban J connectivity index is 2.27. The van der Waals surface area contributed by atoms with Crippen molar-refractivity contribution in [2.45, 2.75) is 35.8 Å². The summed E-state index contributed by atoms with van der Waals surface area (Å²) >= 11 is 1.25. The molecule has 0 fully saturated rings. The summed E-state index contributed by atoms with van der Waals surface area (Å²) in [6.07, 6.45) is 0. The summed E-state index contributed by atoms with van der Waals surface area (Å²) in [5, 5.41) is 13.1. The molecule has 174 valence electrons. The molecule has 1 amide bonds. The number of nitro benzene ring substituents is 1. The summed E-state index contributed by atoms with van der Waals surface area (Å²) in [5.41, 5.74) is 1.04. The lowest BCUT2D eigenvalue weighted by molar-refractivity contribution is -0.384. The molecule has 0 radical (unpaired) electrons. The van der Waals surface area contributed by atoms with Crippen LogP contribution in [0.15, 0.2) is 52.3 Å². The first-order chi connectivity index (χ1) is 15.0. The number of non-ortho nitro benzene ring substituents is 1.